The minimum Gasteiger partial charge on any atom is -0.102 e. The molecule has 1 saturated carbocycles. The first-order valence-electron chi connectivity index (χ1n) is 3.94. The fraction of sp³-hybridized carbons (Fsp3) is 0.167. The van der Waals surface area contributed by atoms with Gasteiger partial charge in [-0.25, -0.2) is 0 Å². The van der Waals surface area contributed by atoms with Gasteiger partial charge >= 0.3 is 0 Å². The highest BCUT2D eigenvalue weighted by Gasteiger charge is 2.22. The normalized spacial score (nSPS) is 20.0. The average molecular weight is 158 g/mol. The van der Waals surface area contributed by atoms with E-state index < -0.39 is 0 Å². The van der Waals surface area contributed by atoms with Crippen LogP contribution in [0.2, 0.25) is 0 Å². The van der Waals surface area contributed by atoms with Gasteiger partial charge in [-0.3, -0.25) is 0 Å². The van der Waals surface area contributed by atoms with Crippen molar-refractivity contribution < 1.29 is 0 Å². The van der Waals surface area contributed by atoms with E-state index in [2.05, 4.69) is 32.9 Å². The fourth-order valence-corrected chi connectivity index (χ4v) is 1.42. The zero-order valence-corrected chi connectivity index (χ0v) is 7.40. The Morgan fingerprint density at radius 2 is 1.42 bits per heavy atom. The molecule has 12 heavy (non-hydrogen) atoms. The minimum atomic E-state index is 0.152. The lowest BCUT2D eigenvalue weighted by molar-refractivity contribution is 0.848. The summed E-state index contributed by atoms with van der Waals surface area (Å²) in [4.78, 5) is 0. The Labute approximate surface area is 74.3 Å². The molecular formula is C12H14. The van der Waals surface area contributed by atoms with Crippen LogP contribution in [0.4, 0.5) is 0 Å². The van der Waals surface area contributed by atoms with Crippen LogP contribution in [-0.4, -0.2) is 0 Å². The molecule has 0 aromatic rings. The molecule has 0 bridgehead atoms. The van der Waals surface area contributed by atoms with Crippen LogP contribution in [-0.2, 0) is 0 Å². The van der Waals surface area contributed by atoms with E-state index in [0.29, 0.717) is 0 Å². The molecule has 0 aliphatic heterocycles. The number of hydrogen-bond acceptors (Lipinski definition) is 0. The molecule has 1 aliphatic carbocycles. The molecule has 0 unspecified atom stereocenters. The van der Waals surface area contributed by atoms with Crippen LogP contribution in [0.15, 0.2) is 61.3 Å². The van der Waals surface area contributed by atoms with Crippen LogP contribution in [0.3, 0.4) is 0 Å². The summed E-state index contributed by atoms with van der Waals surface area (Å²) >= 11 is 0. The first-order chi connectivity index (χ1) is 5.57. The summed E-state index contributed by atoms with van der Waals surface area (Å²) in [5, 5.41) is 0. The fourth-order valence-electron chi connectivity index (χ4n) is 1.42. The second kappa shape index (κ2) is 2.98. The summed E-state index contributed by atoms with van der Waals surface area (Å²) in [6.45, 7) is 19.5. The largest absolute Gasteiger partial charge is 0.102 e. The lowest BCUT2D eigenvalue weighted by Crippen LogP contribution is -2.13. The maximum Gasteiger partial charge on any atom is 0.0260 e. The maximum absolute atomic E-state index is 3.96. The molecule has 0 spiro atoms. The Morgan fingerprint density at radius 1 is 1.00 bits per heavy atom. The number of hydrogen-bond donors (Lipinski definition) is 0. The SMILES string of the molecule is C=CC1C(=C)C(=C)CC(=C)C1=C. The van der Waals surface area contributed by atoms with Gasteiger partial charge in [0.25, 0.3) is 0 Å². The maximum atomic E-state index is 3.96. The first-order valence-corrected chi connectivity index (χ1v) is 3.94. The zero-order chi connectivity index (χ0) is 9.30. The summed E-state index contributed by atoms with van der Waals surface area (Å²) in [7, 11) is 0. The van der Waals surface area contributed by atoms with Crippen molar-refractivity contribution in [2.24, 2.45) is 5.92 Å². The molecule has 62 valence electrons. The molecule has 1 fully saturated rings. The van der Waals surface area contributed by atoms with Crippen molar-refractivity contribution in [3.05, 3.63) is 61.3 Å². The number of allylic oxidation sites excluding steroid dienone is 5. The summed E-state index contributed by atoms with van der Waals surface area (Å²) in [6.07, 6.45) is 2.65. The molecule has 1 rings (SSSR count). The van der Waals surface area contributed by atoms with Gasteiger partial charge < -0.3 is 0 Å². The van der Waals surface area contributed by atoms with Gasteiger partial charge in [0.15, 0.2) is 0 Å². The molecule has 0 saturated heterocycles. The third-order valence-corrected chi connectivity index (χ3v) is 2.32. The van der Waals surface area contributed by atoms with Crippen molar-refractivity contribution in [2.45, 2.75) is 6.42 Å². The van der Waals surface area contributed by atoms with Gasteiger partial charge in [-0.1, -0.05) is 32.4 Å². The van der Waals surface area contributed by atoms with Gasteiger partial charge in [-0.15, -0.1) is 6.58 Å². The monoisotopic (exact) mass is 158 g/mol. The predicted molar refractivity (Wildman–Crippen MR) is 54.9 cm³/mol. The average Bonchev–Trinajstić information content (AvgIpc) is 2.02. The van der Waals surface area contributed by atoms with E-state index in [0.717, 1.165) is 28.7 Å². The second-order valence-electron chi connectivity index (χ2n) is 3.15. The van der Waals surface area contributed by atoms with Crippen molar-refractivity contribution in [3.63, 3.8) is 0 Å². The third-order valence-electron chi connectivity index (χ3n) is 2.32. The summed E-state index contributed by atoms with van der Waals surface area (Å²) in [5.41, 5.74) is 4.17. The Balaban J connectivity index is 3.04. The van der Waals surface area contributed by atoms with E-state index >= 15 is 0 Å². The lowest BCUT2D eigenvalue weighted by atomic mass is 9.77. The van der Waals surface area contributed by atoms with Crippen molar-refractivity contribution in [2.75, 3.05) is 0 Å². The third kappa shape index (κ3) is 1.20. The van der Waals surface area contributed by atoms with Crippen LogP contribution in [0, 0.1) is 5.92 Å². The van der Waals surface area contributed by atoms with Crippen molar-refractivity contribution >= 4 is 0 Å². The predicted octanol–water partition coefficient (Wildman–Crippen LogP) is 3.42. The molecule has 0 aromatic carbocycles. The van der Waals surface area contributed by atoms with E-state index in [-0.39, 0.29) is 5.92 Å². The second-order valence-corrected chi connectivity index (χ2v) is 3.15. The molecule has 0 nitrogen and oxygen atoms in total. The molecule has 0 heterocycles. The zero-order valence-electron chi connectivity index (χ0n) is 7.40. The van der Waals surface area contributed by atoms with E-state index in [1.54, 1.807) is 0 Å². The number of rotatable bonds is 1. The van der Waals surface area contributed by atoms with Gasteiger partial charge in [0, 0.05) is 5.92 Å². The summed E-state index contributed by atoms with van der Waals surface area (Å²) < 4.78 is 0. The van der Waals surface area contributed by atoms with Crippen LogP contribution < -0.4 is 0 Å². The summed E-state index contributed by atoms with van der Waals surface area (Å²) in [6, 6.07) is 0. The van der Waals surface area contributed by atoms with Crippen LogP contribution >= 0.6 is 0 Å². The van der Waals surface area contributed by atoms with Gasteiger partial charge in [0.1, 0.15) is 0 Å². The summed E-state index contributed by atoms with van der Waals surface area (Å²) in [5.74, 6) is 0.152. The highest BCUT2D eigenvalue weighted by molar-refractivity contribution is 5.51. The van der Waals surface area contributed by atoms with E-state index in [1.165, 1.54) is 0 Å². The molecule has 0 amide bonds. The Kier molecular flexibility index (Phi) is 2.18. The minimum absolute atomic E-state index is 0.152. The Bertz CT molecular complexity index is 263. The molecule has 0 heteroatoms. The van der Waals surface area contributed by atoms with Crippen LogP contribution in [0.1, 0.15) is 6.42 Å². The van der Waals surface area contributed by atoms with Crippen LogP contribution in [0.5, 0.6) is 0 Å². The van der Waals surface area contributed by atoms with Gasteiger partial charge in [0.05, 0.1) is 0 Å². The van der Waals surface area contributed by atoms with Gasteiger partial charge in [0.2, 0.25) is 0 Å². The topological polar surface area (TPSA) is 0 Å². The Morgan fingerprint density at radius 3 is 1.75 bits per heavy atom. The highest BCUT2D eigenvalue weighted by atomic mass is 14.3. The van der Waals surface area contributed by atoms with E-state index in [9.17, 15) is 0 Å². The highest BCUT2D eigenvalue weighted by Crippen LogP contribution is 2.38. The van der Waals surface area contributed by atoms with Crippen molar-refractivity contribution in [1.82, 2.24) is 0 Å². The molecule has 0 N–H and O–H groups in total. The molecule has 0 radical (unpaired) electrons. The van der Waals surface area contributed by atoms with Crippen LogP contribution in [0.25, 0.3) is 0 Å². The lowest BCUT2D eigenvalue weighted by Gasteiger charge is -2.28. The standard InChI is InChI=1S/C12H14/c1-6-12-10(4)8(2)7-9(3)11(12)5/h6,12H,1-5,7H2. The van der Waals surface area contributed by atoms with Gasteiger partial charge in [-0.2, -0.15) is 0 Å². The Hall–Kier alpha value is -1.30. The van der Waals surface area contributed by atoms with Gasteiger partial charge in [-0.05, 0) is 28.7 Å². The van der Waals surface area contributed by atoms with Crippen molar-refractivity contribution in [3.8, 4) is 0 Å². The quantitative estimate of drug-likeness (QED) is 0.513. The smallest absolute Gasteiger partial charge is 0.0260 e. The molecule has 1 aliphatic rings. The first kappa shape index (κ1) is 8.79. The molecule has 0 atom stereocenters. The van der Waals surface area contributed by atoms with E-state index in [4.69, 9.17) is 0 Å². The molecule has 0 aromatic heterocycles. The van der Waals surface area contributed by atoms with Crippen molar-refractivity contribution in [1.29, 1.82) is 0 Å². The van der Waals surface area contributed by atoms with E-state index in [1.807, 2.05) is 6.08 Å². The molecular weight excluding hydrogens is 144 g/mol.